The van der Waals surface area contributed by atoms with Crippen LogP contribution in [-0.4, -0.2) is 32.4 Å². The van der Waals surface area contributed by atoms with Gasteiger partial charge >= 0.3 is 0 Å². The molecular weight excluding hydrogens is 274 g/mol. The summed E-state index contributed by atoms with van der Waals surface area (Å²) >= 11 is 5.68. The van der Waals surface area contributed by atoms with Crippen molar-refractivity contribution in [2.45, 2.75) is 12.8 Å². The zero-order valence-corrected chi connectivity index (χ0v) is 11.7. The average Bonchev–Trinajstić information content (AvgIpc) is 2.38. The standard InChI is InChI=1S/C12H16ClNO3S/c1-2-18(16,17)7-6-14-12(15)11-5-3-4-10(8-11)9-13/h3-5,8H,2,6-7,9H2,1H3,(H,14,15). The van der Waals surface area contributed by atoms with Gasteiger partial charge < -0.3 is 5.32 Å². The van der Waals surface area contributed by atoms with Crippen molar-refractivity contribution in [1.82, 2.24) is 5.32 Å². The maximum atomic E-state index is 11.7. The van der Waals surface area contributed by atoms with Gasteiger partial charge in [-0.05, 0) is 17.7 Å². The number of rotatable bonds is 6. The van der Waals surface area contributed by atoms with Gasteiger partial charge in [0.1, 0.15) is 0 Å². The van der Waals surface area contributed by atoms with E-state index in [1.54, 1.807) is 25.1 Å². The van der Waals surface area contributed by atoms with Gasteiger partial charge in [0.25, 0.3) is 5.91 Å². The summed E-state index contributed by atoms with van der Waals surface area (Å²) in [5.41, 5.74) is 1.34. The Morgan fingerprint density at radius 3 is 2.72 bits per heavy atom. The van der Waals surface area contributed by atoms with Crippen molar-refractivity contribution in [1.29, 1.82) is 0 Å². The van der Waals surface area contributed by atoms with E-state index < -0.39 is 9.84 Å². The van der Waals surface area contributed by atoms with Gasteiger partial charge in [0.05, 0.1) is 5.75 Å². The lowest BCUT2D eigenvalue weighted by Crippen LogP contribution is -2.29. The van der Waals surface area contributed by atoms with E-state index in [9.17, 15) is 13.2 Å². The minimum atomic E-state index is -3.05. The molecule has 0 aliphatic rings. The molecule has 0 spiro atoms. The van der Waals surface area contributed by atoms with Crippen molar-refractivity contribution in [3.63, 3.8) is 0 Å². The minimum absolute atomic E-state index is 0.0373. The molecule has 100 valence electrons. The molecule has 0 bridgehead atoms. The van der Waals surface area contributed by atoms with E-state index in [0.717, 1.165) is 5.56 Å². The largest absolute Gasteiger partial charge is 0.351 e. The van der Waals surface area contributed by atoms with Crippen LogP contribution in [0.2, 0.25) is 0 Å². The van der Waals surface area contributed by atoms with Crippen LogP contribution in [0, 0.1) is 0 Å². The van der Waals surface area contributed by atoms with Crippen molar-refractivity contribution in [3.05, 3.63) is 35.4 Å². The maximum Gasteiger partial charge on any atom is 0.251 e. The first-order valence-electron chi connectivity index (χ1n) is 5.62. The number of amides is 1. The maximum absolute atomic E-state index is 11.7. The molecule has 1 N–H and O–H groups in total. The Morgan fingerprint density at radius 1 is 1.39 bits per heavy atom. The molecule has 1 aromatic rings. The molecule has 1 amide bonds. The van der Waals surface area contributed by atoms with E-state index in [0.29, 0.717) is 11.4 Å². The van der Waals surface area contributed by atoms with Crippen LogP contribution in [0.3, 0.4) is 0 Å². The fraction of sp³-hybridized carbons (Fsp3) is 0.417. The second kappa shape index (κ2) is 6.75. The molecule has 0 aliphatic heterocycles. The Morgan fingerprint density at radius 2 is 2.11 bits per heavy atom. The van der Waals surface area contributed by atoms with E-state index in [2.05, 4.69) is 5.32 Å². The van der Waals surface area contributed by atoms with Crippen LogP contribution in [0.15, 0.2) is 24.3 Å². The Bertz CT molecular complexity index is 514. The molecule has 0 saturated heterocycles. The monoisotopic (exact) mass is 289 g/mol. The van der Waals surface area contributed by atoms with Gasteiger partial charge in [-0.25, -0.2) is 8.42 Å². The molecule has 4 nitrogen and oxygen atoms in total. The molecule has 0 heterocycles. The zero-order chi connectivity index (χ0) is 13.6. The predicted molar refractivity (Wildman–Crippen MR) is 72.7 cm³/mol. The minimum Gasteiger partial charge on any atom is -0.351 e. The second-order valence-electron chi connectivity index (χ2n) is 3.83. The van der Waals surface area contributed by atoms with Crippen molar-refractivity contribution < 1.29 is 13.2 Å². The quantitative estimate of drug-likeness (QED) is 0.809. The molecule has 1 rings (SSSR count). The van der Waals surface area contributed by atoms with Crippen LogP contribution in [0.25, 0.3) is 0 Å². The molecule has 0 fully saturated rings. The molecule has 0 unspecified atom stereocenters. The summed E-state index contributed by atoms with van der Waals surface area (Å²) in [7, 11) is -3.05. The number of nitrogens with one attached hydrogen (secondary N) is 1. The Kier molecular flexibility index (Phi) is 5.62. The summed E-state index contributed by atoms with van der Waals surface area (Å²) in [6, 6.07) is 6.93. The number of sulfone groups is 1. The highest BCUT2D eigenvalue weighted by molar-refractivity contribution is 7.91. The third-order valence-corrected chi connectivity index (χ3v) is 4.50. The first-order valence-corrected chi connectivity index (χ1v) is 7.97. The molecule has 0 aliphatic carbocycles. The van der Waals surface area contributed by atoms with Gasteiger partial charge in [0.15, 0.2) is 9.84 Å². The van der Waals surface area contributed by atoms with Crippen molar-refractivity contribution in [2.75, 3.05) is 18.1 Å². The van der Waals surface area contributed by atoms with Crippen LogP contribution in [0.5, 0.6) is 0 Å². The van der Waals surface area contributed by atoms with Crippen molar-refractivity contribution in [3.8, 4) is 0 Å². The second-order valence-corrected chi connectivity index (χ2v) is 6.57. The van der Waals surface area contributed by atoms with Gasteiger partial charge in [-0.15, -0.1) is 11.6 Å². The summed E-state index contributed by atoms with van der Waals surface area (Å²) in [5.74, 6) is 0.105. The third-order valence-electron chi connectivity index (χ3n) is 2.48. The first-order chi connectivity index (χ1) is 8.48. The smallest absolute Gasteiger partial charge is 0.251 e. The molecule has 6 heteroatoms. The van der Waals surface area contributed by atoms with E-state index in [1.807, 2.05) is 6.07 Å². The molecule has 0 aromatic heterocycles. The normalized spacial score (nSPS) is 11.2. The zero-order valence-electron chi connectivity index (χ0n) is 10.1. The molecular formula is C12H16ClNO3S. The van der Waals surface area contributed by atoms with Gasteiger partial charge in [-0.3, -0.25) is 4.79 Å². The predicted octanol–water partition coefficient (Wildman–Crippen LogP) is 1.59. The molecule has 1 aromatic carbocycles. The number of halogens is 1. The summed E-state index contributed by atoms with van der Waals surface area (Å²) < 4.78 is 22.5. The van der Waals surface area contributed by atoms with Gasteiger partial charge in [0, 0.05) is 23.7 Å². The number of alkyl halides is 1. The Balaban J connectivity index is 2.55. The third kappa shape index (κ3) is 4.66. The summed E-state index contributed by atoms with van der Waals surface area (Å²) in [6.45, 7) is 1.71. The van der Waals surface area contributed by atoms with E-state index in [-0.39, 0.29) is 24.0 Å². The van der Waals surface area contributed by atoms with Crippen LogP contribution in [0.1, 0.15) is 22.8 Å². The Labute approximate surface area is 112 Å². The molecule has 0 radical (unpaired) electrons. The van der Waals surface area contributed by atoms with Crippen molar-refractivity contribution in [2.24, 2.45) is 0 Å². The van der Waals surface area contributed by atoms with Crippen LogP contribution < -0.4 is 5.32 Å². The Hall–Kier alpha value is -1.07. The highest BCUT2D eigenvalue weighted by atomic mass is 35.5. The summed E-state index contributed by atoms with van der Waals surface area (Å²) in [6.07, 6.45) is 0. The van der Waals surface area contributed by atoms with E-state index in [4.69, 9.17) is 11.6 Å². The number of carbonyl (C=O) groups excluding carboxylic acids is 1. The number of benzene rings is 1. The SMILES string of the molecule is CCS(=O)(=O)CCNC(=O)c1cccc(CCl)c1. The van der Waals surface area contributed by atoms with Crippen LogP contribution in [0.4, 0.5) is 0 Å². The van der Waals surface area contributed by atoms with E-state index >= 15 is 0 Å². The highest BCUT2D eigenvalue weighted by Gasteiger charge is 2.09. The highest BCUT2D eigenvalue weighted by Crippen LogP contribution is 2.07. The fourth-order valence-corrected chi connectivity index (χ4v) is 2.23. The van der Waals surface area contributed by atoms with Crippen LogP contribution in [-0.2, 0) is 15.7 Å². The summed E-state index contributed by atoms with van der Waals surface area (Å²) in [5, 5.41) is 2.58. The lowest BCUT2D eigenvalue weighted by molar-refractivity contribution is 0.0956. The van der Waals surface area contributed by atoms with Gasteiger partial charge in [-0.1, -0.05) is 19.1 Å². The van der Waals surface area contributed by atoms with Gasteiger partial charge in [-0.2, -0.15) is 0 Å². The first kappa shape index (κ1) is 15.0. The molecule has 18 heavy (non-hydrogen) atoms. The van der Waals surface area contributed by atoms with Crippen molar-refractivity contribution >= 4 is 27.3 Å². The average molecular weight is 290 g/mol. The topological polar surface area (TPSA) is 63.2 Å². The van der Waals surface area contributed by atoms with Gasteiger partial charge in [0.2, 0.25) is 0 Å². The lowest BCUT2D eigenvalue weighted by Gasteiger charge is -2.06. The van der Waals surface area contributed by atoms with E-state index in [1.165, 1.54) is 0 Å². The lowest BCUT2D eigenvalue weighted by atomic mass is 10.1. The van der Waals surface area contributed by atoms with Crippen LogP contribution >= 0.6 is 11.6 Å². The number of hydrogen-bond acceptors (Lipinski definition) is 3. The number of carbonyl (C=O) groups is 1. The number of hydrogen-bond donors (Lipinski definition) is 1. The fourth-order valence-electron chi connectivity index (χ4n) is 1.36. The molecule has 0 atom stereocenters. The molecule has 0 saturated carbocycles. The summed E-state index contributed by atoms with van der Waals surface area (Å²) in [4.78, 5) is 11.7.